The zero-order chi connectivity index (χ0) is 16.9. The molecule has 1 saturated carbocycles. The minimum absolute atomic E-state index is 0.00581. The van der Waals surface area contributed by atoms with Crippen molar-refractivity contribution in [2.24, 2.45) is 5.92 Å². The monoisotopic (exact) mass is 323 g/mol. The van der Waals surface area contributed by atoms with Crippen molar-refractivity contribution in [2.45, 2.75) is 32.9 Å². The molecule has 0 radical (unpaired) electrons. The van der Waals surface area contributed by atoms with Crippen LogP contribution in [0, 0.1) is 5.92 Å². The number of aromatic nitrogens is 1. The Hall–Kier alpha value is -2.69. The molecule has 0 aliphatic heterocycles. The maximum atomic E-state index is 11.9. The number of carbonyl (C=O) groups excluding carboxylic acids is 2. The van der Waals surface area contributed by atoms with Gasteiger partial charge in [-0.3, -0.25) is 14.6 Å². The molecular weight excluding hydrogens is 302 g/mol. The number of benzene rings is 1. The Morgan fingerprint density at radius 3 is 2.58 bits per heavy atom. The first-order valence-corrected chi connectivity index (χ1v) is 8.16. The van der Waals surface area contributed by atoms with E-state index in [4.69, 9.17) is 0 Å². The molecule has 0 bridgehead atoms. The van der Waals surface area contributed by atoms with Gasteiger partial charge in [-0.15, -0.1) is 0 Å². The first kappa shape index (κ1) is 16.2. The summed E-state index contributed by atoms with van der Waals surface area (Å²) in [5.74, 6) is 0.269. The van der Waals surface area contributed by atoms with E-state index >= 15 is 0 Å². The summed E-state index contributed by atoms with van der Waals surface area (Å²) in [6, 6.07) is 11.5. The molecule has 2 aromatic rings. The van der Waals surface area contributed by atoms with E-state index in [1.165, 1.54) is 0 Å². The number of nitrogens with zero attached hydrogens (tertiary/aromatic N) is 2. The van der Waals surface area contributed by atoms with E-state index in [1.807, 2.05) is 36.4 Å². The van der Waals surface area contributed by atoms with Crippen molar-refractivity contribution in [1.82, 2.24) is 9.88 Å². The van der Waals surface area contributed by atoms with Crippen LogP contribution in [-0.2, 0) is 22.7 Å². The van der Waals surface area contributed by atoms with Gasteiger partial charge in [0.05, 0.1) is 0 Å². The SMILES string of the molecule is CC(=O)N(Cc1cccnc1)Cc1cccc(NC(=O)C2CC2)c1. The van der Waals surface area contributed by atoms with Gasteiger partial charge in [-0.2, -0.15) is 0 Å². The molecule has 1 heterocycles. The van der Waals surface area contributed by atoms with Gasteiger partial charge >= 0.3 is 0 Å². The van der Waals surface area contributed by atoms with E-state index in [0.29, 0.717) is 13.1 Å². The Kier molecular flexibility index (Phi) is 4.89. The summed E-state index contributed by atoms with van der Waals surface area (Å²) >= 11 is 0. The van der Waals surface area contributed by atoms with Crippen LogP contribution in [0.15, 0.2) is 48.8 Å². The van der Waals surface area contributed by atoms with Gasteiger partial charge < -0.3 is 10.2 Å². The third-order valence-corrected chi connectivity index (χ3v) is 4.06. The molecule has 0 unspecified atom stereocenters. The molecule has 1 aliphatic carbocycles. The Labute approximate surface area is 141 Å². The van der Waals surface area contributed by atoms with Crippen molar-refractivity contribution in [2.75, 3.05) is 5.32 Å². The smallest absolute Gasteiger partial charge is 0.227 e. The van der Waals surface area contributed by atoms with Crippen molar-refractivity contribution in [3.8, 4) is 0 Å². The molecule has 2 amide bonds. The molecule has 0 atom stereocenters. The second-order valence-electron chi connectivity index (χ2n) is 6.20. The average molecular weight is 323 g/mol. The van der Waals surface area contributed by atoms with E-state index in [9.17, 15) is 9.59 Å². The summed E-state index contributed by atoms with van der Waals surface area (Å²) in [5, 5.41) is 2.94. The van der Waals surface area contributed by atoms with Crippen LogP contribution in [0.4, 0.5) is 5.69 Å². The van der Waals surface area contributed by atoms with Gasteiger partial charge in [-0.1, -0.05) is 18.2 Å². The predicted molar refractivity (Wildman–Crippen MR) is 92.0 cm³/mol. The van der Waals surface area contributed by atoms with Crippen molar-refractivity contribution in [1.29, 1.82) is 0 Å². The van der Waals surface area contributed by atoms with Crippen LogP contribution in [-0.4, -0.2) is 21.7 Å². The lowest BCUT2D eigenvalue weighted by molar-refractivity contribution is -0.130. The third-order valence-electron chi connectivity index (χ3n) is 4.06. The summed E-state index contributed by atoms with van der Waals surface area (Å²) in [6.45, 7) is 2.58. The van der Waals surface area contributed by atoms with Crippen LogP contribution in [0.3, 0.4) is 0 Å². The van der Waals surface area contributed by atoms with Crippen LogP contribution in [0.25, 0.3) is 0 Å². The van der Waals surface area contributed by atoms with Crippen LogP contribution < -0.4 is 5.32 Å². The van der Waals surface area contributed by atoms with Gasteiger partial charge in [0.25, 0.3) is 0 Å². The van der Waals surface area contributed by atoms with Crippen molar-refractivity contribution < 1.29 is 9.59 Å². The zero-order valence-corrected chi connectivity index (χ0v) is 13.7. The molecule has 3 rings (SSSR count). The fourth-order valence-electron chi connectivity index (χ4n) is 2.55. The Bertz CT molecular complexity index is 726. The number of pyridine rings is 1. The van der Waals surface area contributed by atoms with Crippen LogP contribution in [0.5, 0.6) is 0 Å². The van der Waals surface area contributed by atoms with E-state index in [-0.39, 0.29) is 17.7 Å². The summed E-state index contributed by atoms with van der Waals surface area (Å²) in [6.07, 6.45) is 5.44. The number of hydrogen-bond acceptors (Lipinski definition) is 3. The summed E-state index contributed by atoms with van der Waals surface area (Å²) < 4.78 is 0. The average Bonchev–Trinajstić information content (AvgIpc) is 3.40. The summed E-state index contributed by atoms with van der Waals surface area (Å²) in [7, 11) is 0. The third kappa shape index (κ3) is 4.41. The molecule has 124 valence electrons. The van der Waals surface area contributed by atoms with E-state index in [1.54, 1.807) is 24.2 Å². The molecular formula is C19H21N3O2. The second kappa shape index (κ2) is 7.25. The summed E-state index contributed by atoms with van der Waals surface area (Å²) in [4.78, 5) is 29.7. The van der Waals surface area contributed by atoms with Crippen LogP contribution >= 0.6 is 0 Å². The number of carbonyl (C=O) groups is 2. The Balaban J connectivity index is 1.67. The lowest BCUT2D eigenvalue weighted by Crippen LogP contribution is -2.27. The highest BCUT2D eigenvalue weighted by molar-refractivity contribution is 5.94. The second-order valence-corrected chi connectivity index (χ2v) is 6.20. The quantitative estimate of drug-likeness (QED) is 0.889. The van der Waals surface area contributed by atoms with E-state index in [0.717, 1.165) is 29.7 Å². The highest BCUT2D eigenvalue weighted by Gasteiger charge is 2.29. The van der Waals surface area contributed by atoms with Gasteiger partial charge in [-0.05, 0) is 42.2 Å². The molecule has 24 heavy (non-hydrogen) atoms. The predicted octanol–water partition coefficient (Wildman–Crippen LogP) is 2.98. The highest BCUT2D eigenvalue weighted by Crippen LogP contribution is 2.30. The number of amides is 2. The minimum atomic E-state index is 0.00581. The van der Waals surface area contributed by atoms with E-state index < -0.39 is 0 Å². The fourth-order valence-corrected chi connectivity index (χ4v) is 2.55. The normalized spacial score (nSPS) is 13.4. The number of hydrogen-bond donors (Lipinski definition) is 1. The largest absolute Gasteiger partial charge is 0.334 e. The molecule has 5 heteroatoms. The number of nitrogens with one attached hydrogen (secondary N) is 1. The molecule has 1 N–H and O–H groups in total. The lowest BCUT2D eigenvalue weighted by Gasteiger charge is -2.21. The van der Waals surface area contributed by atoms with Gasteiger partial charge in [-0.25, -0.2) is 0 Å². The number of anilines is 1. The van der Waals surface area contributed by atoms with Gasteiger partial charge in [0.15, 0.2) is 0 Å². The Morgan fingerprint density at radius 1 is 1.17 bits per heavy atom. The molecule has 1 aromatic heterocycles. The zero-order valence-electron chi connectivity index (χ0n) is 13.7. The number of rotatable bonds is 6. The van der Waals surface area contributed by atoms with Crippen molar-refractivity contribution in [3.05, 3.63) is 59.9 Å². The van der Waals surface area contributed by atoms with E-state index in [2.05, 4.69) is 10.3 Å². The molecule has 1 aromatic carbocycles. The molecule has 1 fully saturated rings. The highest BCUT2D eigenvalue weighted by atomic mass is 16.2. The molecule has 0 saturated heterocycles. The maximum absolute atomic E-state index is 11.9. The fraction of sp³-hybridized carbons (Fsp3) is 0.316. The Morgan fingerprint density at radius 2 is 1.92 bits per heavy atom. The van der Waals surface area contributed by atoms with Gasteiger partial charge in [0, 0.05) is 44.0 Å². The van der Waals surface area contributed by atoms with Crippen LogP contribution in [0.2, 0.25) is 0 Å². The maximum Gasteiger partial charge on any atom is 0.227 e. The van der Waals surface area contributed by atoms with Crippen LogP contribution in [0.1, 0.15) is 30.9 Å². The van der Waals surface area contributed by atoms with Gasteiger partial charge in [0.1, 0.15) is 0 Å². The first-order chi connectivity index (χ1) is 11.6. The molecule has 1 aliphatic rings. The van der Waals surface area contributed by atoms with Crippen molar-refractivity contribution >= 4 is 17.5 Å². The topological polar surface area (TPSA) is 62.3 Å². The standard InChI is InChI=1S/C19H21N3O2/c1-14(23)22(13-16-5-3-9-20-11-16)12-15-4-2-6-18(10-15)21-19(24)17-7-8-17/h2-6,9-11,17H,7-8,12-13H2,1H3,(H,21,24). The van der Waals surface area contributed by atoms with Gasteiger partial charge in [0.2, 0.25) is 11.8 Å². The minimum Gasteiger partial charge on any atom is -0.334 e. The van der Waals surface area contributed by atoms with Crippen molar-refractivity contribution in [3.63, 3.8) is 0 Å². The summed E-state index contributed by atoms with van der Waals surface area (Å²) in [5.41, 5.74) is 2.77. The molecule has 0 spiro atoms. The lowest BCUT2D eigenvalue weighted by atomic mass is 10.1. The molecule has 5 nitrogen and oxygen atoms in total. The first-order valence-electron chi connectivity index (χ1n) is 8.16.